The van der Waals surface area contributed by atoms with Crippen LogP contribution in [0.5, 0.6) is 0 Å². The molecular weight excluding hydrogens is 268 g/mol. The Morgan fingerprint density at radius 3 is 2.67 bits per heavy atom. The predicted molar refractivity (Wildman–Crippen MR) is 80.3 cm³/mol. The molecule has 5 heteroatoms. The number of aliphatic carboxylic acids is 1. The molecule has 0 spiro atoms. The van der Waals surface area contributed by atoms with Crippen LogP contribution in [0, 0.1) is 0 Å². The lowest BCUT2D eigenvalue weighted by molar-refractivity contribution is -0.137. The molecule has 114 valence electrons. The van der Waals surface area contributed by atoms with Crippen LogP contribution in [0.4, 0.5) is 4.79 Å². The molecule has 0 saturated carbocycles. The van der Waals surface area contributed by atoms with Gasteiger partial charge in [0.05, 0.1) is 6.42 Å². The van der Waals surface area contributed by atoms with Gasteiger partial charge >= 0.3 is 12.0 Å². The Balaban J connectivity index is 1.93. The summed E-state index contributed by atoms with van der Waals surface area (Å²) in [6, 6.07) is 10.2. The molecule has 0 aliphatic carbocycles. The first-order chi connectivity index (χ1) is 10.1. The van der Waals surface area contributed by atoms with E-state index >= 15 is 0 Å². The Morgan fingerprint density at radius 2 is 2.05 bits per heavy atom. The number of urea groups is 1. The molecule has 1 fully saturated rings. The van der Waals surface area contributed by atoms with Crippen molar-refractivity contribution in [3.63, 3.8) is 0 Å². The highest BCUT2D eigenvalue weighted by atomic mass is 16.4. The minimum Gasteiger partial charge on any atom is -0.481 e. The number of benzene rings is 1. The maximum atomic E-state index is 12.4. The number of carbonyl (C=O) groups excluding carboxylic acids is 1. The Hall–Kier alpha value is -2.04. The van der Waals surface area contributed by atoms with Crippen molar-refractivity contribution in [2.45, 2.75) is 25.7 Å². The van der Waals surface area contributed by atoms with E-state index in [0.717, 1.165) is 13.0 Å². The number of hydrogen-bond acceptors (Lipinski definition) is 2. The van der Waals surface area contributed by atoms with Crippen LogP contribution in [0.25, 0.3) is 0 Å². The van der Waals surface area contributed by atoms with E-state index in [1.54, 1.807) is 4.90 Å². The topological polar surface area (TPSA) is 60.9 Å². The second-order valence-corrected chi connectivity index (χ2v) is 5.35. The molecule has 1 aliphatic rings. The molecule has 21 heavy (non-hydrogen) atoms. The minimum atomic E-state index is -0.871. The fourth-order valence-electron chi connectivity index (χ4n) is 2.75. The highest BCUT2D eigenvalue weighted by Gasteiger charge is 2.29. The van der Waals surface area contributed by atoms with Gasteiger partial charge in [0.2, 0.25) is 0 Å². The summed E-state index contributed by atoms with van der Waals surface area (Å²) in [5.74, 6) is -0.488. The standard InChI is InChI=1S/C16H22N2O3/c1-2-17(11-9-15(19)20)16(21)18-10-8-14(12-18)13-6-4-3-5-7-13/h3-7,14H,2,8-12H2,1H3,(H,19,20). The van der Waals surface area contributed by atoms with E-state index in [4.69, 9.17) is 5.11 Å². The van der Waals surface area contributed by atoms with Gasteiger partial charge in [-0.1, -0.05) is 30.3 Å². The molecule has 1 atom stereocenters. The van der Waals surface area contributed by atoms with Crippen LogP contribution in [0.15, 0.2) is 30.3 Å². The Bertz CT molecular complexity index is 490. The van der Waals surface area contributed by atoms with Crippen molar-refractivity contribution in [1.29, 1.82) is 0 Å². The van der Waals surface area contributed by atoms with Crippen LogP contribution in [0.3, 0.4) is 0 Å². The number of carboxylic acids is 1. The van der Waals surface area contributed by atoms with Crippen molar-refractivity contribution in [2.24, 2.45) is 0 Å². The van der Waals surface area contributed by atoms with Crippen LogP contribution in [0.2, 0.25) is 0 Å². The lowest BCUT2D eigenvalue weighted by atomic mass is 9.99. The van der Waals surface area contributed by atoms with Crippen LogP contribution in [0.1, 0.15) is 31.2 Å². The molecule has 2 rings (SSSR count). The van der Waals surface area contributed by atoms with Gasteiger partial charge in [-0.05, 0) is 18.9 Å². The molecule has 1 heterocycles. The fourth-order valence-corrected chi connectivity index (χ4v) is 2.75. The molecule has 0 radical (unpaired) electrons. The van der Waals surface area contributed by atoms with Gasteiger partial charge < -0.3 is 14.9 Å². The SMILES string of the molecule is CCN(CCC(=O)O)C(=O)N1CCC(c2ccccc2)C1. The normalized spacial score (nSPS) is 17.8. The average molecular weight is 290 g/mol. The van der Waals surface area contributed by atoms with E-state index in [9.17, 15) is 9.59 Å². The van der Waals surface area contributed by atoms with Crippen molar-refractivity contribution in [3.8, 4) is 0 Å². The molecule has 2 amide bonds. The lowest BCUT2D eigenvalue weighted by Gasteiger charge is -2.26. The molecule has 1 aromatic carbocycles. The monoisotopic (exact) mass is 290 g/mol. The number of amides is 2. The minimum absolute atomic E-state index is 0.00443. The summed E-state index contributed by atoms with van der Waals surface area (Å²) in [6.45, 7) is 4.15. The van der Waals surface area contributed by atoms with Gasteiger partial charge in [-0.2, -0.15) is 0 Å². The Labute approximate surface area is 125 Å². The summed E-state index contributed by atoms with van der Waals surface area (Å²) in [5, 5.41) is 8.74. The number of rotatable bonds is 5. The summed E-state index contributed by atoms with van der Waals surface area (Å²) in [7, 11) is 0. The third-order valence-corrected chi connectivity index (χ3v) is 3.98. The summed E-state index contributed by atoms with van der Waals surface area (Å²) in [5.41, 5.74) is 1.27. The third-order valence-electron chi connectivity index (χ3n) is 3.98. The number of nitrogens with zero attached hydrogens (tertiary/aromatic N) is 2. The van der Waals surface area contributed by atoms with E-state index in [2.05, 4.69) is 12.1 Å². The number of likely N-dealkylation sites (tertiary alicyclic amines) is 1. The van der Waals surface area contributed by atoms with Crippen molar-refractivity contribution in [2.75, 3.05) is 26.2 Å². The third kappa shape index (κ3) is 3.97. The van der Waals surface area contributed by atoms with Crippen molar-refractivity contribution >= 4 is 12.0 Å². The largest absolute Gasteiger partial charge is 0.481 e. The smallest absolute Gasteiger partial charge is 0.320 e. The van der Waals surface area contributed by atoms with Gasteiger partial charge in [-0.3, -0.25) is 4.79 Å². The summed E-state index contributed by atoms with van der Waals surface area (Å²) >= 11 is 0. The Kier molecular flexibility index (Phi) is 5.20. The lowest BCUT2D eigenvalue weighted by Crippen LogP contribution is -2.42. The van der Waals surface area contributed by atoms with E-state index in [0.29, 0.717) is 19.0 Å². The van der Waals surface area contributed by atoms with Crippen LogP contribution < -0.4 is 0 Å². The van der Waals surface area contributed by atoms with E-state index < -0.39 is 5.97 Å². The molecule has 1 aliphatic heterocycles. The summed E-state index contributed by atoms with van der Waals surface area (Å²) in [6.07, 6.45) is 0.960. The van der Waals surface area contributed by atoms with Gasteiger partial charge in [0.25, 0.3) is 0 Å². The molecule has 1 aromatic rings. The molecule has 1 unspecified atom stereocenters. The van der Waals surface area contributed by atoms with Gasteiger partial charge in [0.15, 0.2) is 0 Å². The first-order valence-electron chi connectivity index (χ1n) is 7.42. The maximum Gasteiger partial charge on any atom is 0.320 e. The zero-order chi connectivity index (χ0) is 15.2. The Morgan fingerprint density at radius 1 is 1.33 bits per heavy atom. The molecule has 0 bridgehead atoms. The molecule has 5 nitrogen and oxygen atoms in total. The highest BCUT2D eigenvalue weighted by molar-refractivity contribution is 5.76. The predicted octanol–water partition coefficient (Wildman–Crippen LogP) is 2.39. The van der Waals surface area contributed by atoms with E-state index in [1.165, 1.54) is 5.56 Å². The number of carboxylic acid groups (broad SMARTS) is 1. The quantitative estimate of drug-likeness (QED) is 0.905. The van der Waals surface area contributed by atoms with Crippen molar-refractivity contribution in [3.05, 3.63) is 35.9 Å². The summed E-state index contributed by atoms with van der Waals surface area (Å²) < 4.78 is 0. The first kappa shape index (κ1) is 15.4. The molecule has 1 N–H and O–H groups in total. The van der Waals surface area contributed by atoms with Gasteiger partial charge in [-0.15, -0.1) is 0 Å². The zero-order valence-electron chi connectivity index (χ0n) is 12.4. The molecule has 1 saturated heterocycles. The van der Waals surface area contributed by atoms with Crippen LogP contribution in [-0.4, -0.2) is 53.1 Å². The maximum absolute atomic E-state index is 12.4. The second-order valence-electron chi connectivity index (χ2n) is 5.35. The van der Waals surface area contributed by atoms with Gasteiger partial charge in [-0.25, -0.2) is 4.79 Å². The van der Waals surface area contributed by atoms with Gasteiger partial charge in [0.1, 0.15) is 0 Å². The molecular formula is C16H22N2O3. The fraction of sp³-hybridized carbons (Fsp3) is 0.500. The van der Waals surface area contributed by atoms with E-state index in [-0.39, 0.29) is 19.0 Å². The van der Waals surface area contributed by atoms with Crippen molar-refractivity contribution < 1.29 is 14.7 Å². The van der Waals surface area contributed by atoms with Crippen molar-refractivity contribution in [1.82, 2.24) is 9.80 Å². The van der Waals surface area contributed by atoms with E-state index in [1.807, 2.05) is 30.0 Å². The van der Waals surface area contributed by atoms with Crippen LogP contribution in [-0.2, 0) is 4.79 Å². The zero-order valence-corrected chi connectivity index (χ0v) is 12.4. The van der Waals surface area contributed by atoms with Crippen LogP contribution >= 0.6 is 0 Å². The summed E-state index contributed by atoms with van der Waals surface area (Å²) in [4.78, 5) is 26.5. The highest BCUT2D eigenvalue weighted by Crippen LogP contribution is 2.27. The number of hydrogen-bond donors (Lipinski definition) is 1. The van der Waals surface area contributed by atoms with Gasteiger partial charge in [0, 0.05) is 32.1 Å². The first-order valence-corrected chi connectivity index (χ1v) is 7.42. The average Bonchev–Trinajstić information content (AvgIpc) is 2.98. The second kappa shape index (κ2) is 7.11. The number of carbonyl (C=O) groups is 2. The molecule has 0 aromatic heterocycles.